The van der Waals surface area contributed by atoms with Crippen molar-refractivity contribution in [3.05, 3.63) is 29.3 Å². The first-order valence-corrected chi connectivity index (χ1v) is 8.61. The fraction of sp³-hybridized carbons (Fsp3) is 0.632. The van der Waals surface area contributed by atoms with Crippen molar-refractivity contribution in [2.75, 3.05) is 6.61 Å². The molecule has 0 aromatic heterocycles. The lowest BCUT2D eigenvalue weighted by Crippen LogP contribution is -2.45. The van der Waals surface area contributed by atoms with Gasteiger partial charge in [-0.3, -0.25) is 4.79 Å². The molecule has 1 aromatic rings. The molecule has 120 valence electrons. The lowest BCUT2D eigenvalue weighted by Gasteiger charge is -2.37. The van der Waals surface area contributed by atoms with Crippen LogP contribution >= 0.6 is 0 Å². The van der Waals surface area contributed by atoms with Gasteiger partial charge in [0.25, 0.3) is 5.91 Å². The molecule has 3 rings (SSSR count). The molecule has 2 aliphatic rings. The van der Waals surface area contributed by atoms with E-state index in [-0.39, 0.29) is 5.91 Å². The maximum Gasteiger partial charge on any atom is 0.251 e. The number of ether oxygens (including phenoxy) is 1. The van der Waals surface area contributed by atoms with E-state index < -0.39 is 0 Å². The smallest absolute Gasteiger partial charge is 0.251 e. The number of fused-ring (bicyclic) bond motifs is 1. The van der Waals surface area contributed by atoms with E-state index in [0.29, 0.717) is 23.8 Å². The SMILES string of the molecule is CC(C)[C@H]1CC[C@H](C)C[C@H]1NC(=O)c1ccc2c(c1)OCC2. The number of hydrogen-bond donors (Lipinski definition) is 1. The van der Waals surface area contributed by atoms with Crippen LogP contribution in [0.3, 0.4) is 0 Å². The summed E-state index contributed by atoms with van der Waals surface area (Å²) in [6, 6.07) is 6.15. The Labute approximate surface area is 133 Å². The van der Waals surface area contributed by atoms with E-state index in [9.17, 15) is 4.79 Å². The van der Waals surface area contributed by atoms with Gasteiger partial charge < -0.3 is 10.1 Å². The number of amides is 1. The van der Waals surface area contributed by atoms with Crippen LogP contribution in [0, 0.1) is 17.8 Å². The van der Waals surface area contributed by atoms with Gasteiger partial charge in [0, 0.05) is 18.0 Å². The van der Waals surface area contributed by atoms with Crippen LogP contribution in [0.1, 0.15) is 56.0 Å². The molecule has 1 amide bonds. The summed E-state index contributed by atoms with van der Waals surface area (Å²) in [5.74, 6) is 2.82. The van der Waals surface area contributed by atoms with Crippen LogP contribution in [0.2, 0.25) is 0 Å². The van der Waals surface area contributed by atoms with Crippen LogP contribution in [0.25, 0.3) is 0 Å². The molecule has 0 radical (unpaired) electrons. The van der Waals surface area contributed by atoms with E-state index in [0.717, 1.165) is 30.8 Å². The highest BCUT2D eigenvalue weighted by Crippen LogP contribution is 2.34. The monoisotopic (exact) mass is 301 g/mol. The van der Waals surface area contributed by atoms with Crippen LogP contribution in [0.5, 0.6) is 5.75 Å². The van der Waals surface area contributed by atoms with Crippen molar-refractivity contribution in [1.29, 1.82) is 0 Å². The summed E-state index contributed by atoms with van der Waals surface area (Å²) in [6.07, 6.45) is 4.54. The summed E-state index contributed by atoms with van der Waals surface area (Å²) >= 11 is 0. The molecule has 0 bridgehead atoms. The molecule has 1 N–H and O–H groups in total. The topological polar surface area (TPSA) is 38.3 Å². The third-order valence-electron chi connectivity index (χ3n) is 5.30. The molecule has 1 aromatic carbocycles. The molecule has 1 aliphatic heterocycles. The maximum atomic E-state index is 12.6. The van der Waals surface area contributed by atoms with Crippen molar-refractivity contribution in [3.63, 3.8) is 0 Å². The third-order valence-corrected chi connectivity index (χ3v) is 5.30. The summed E-state index contributed by atoms with van der Waals surface area (Å²) in [4.78, 5) is 12.6. The number of carbonyl (C=O) groups excluding carboxylic acids is 1. The van der Waals surface area contributed by atoms with Crippen molar-refractivity contribution < 1.29 is 9.53 Å². The number of carbonyl (C=O) groups is 1. The number of rotatable bonds is 3. The van der Waals surface area contributed by atoms with Gasteiger partial charge in [0.05, 0.1) is 6.61 Å². The summed E-state index contributed by atoms with van der Waals surface area (Å²) in [6.45, 7) is 7.56. The van der Waals surface area contributed by atoms with E-state index in [1.807, 2.05) is 18.2 Å². The second kappa shape index (κ2) is 6.31. The molecule has 1 aliphatic carbocycles. The first kappa shape index (κ1) is 15.4. The van der Waals surface area contributed by atoms with Gasteiger partial charge >= 0.3 is 0 Å². The zero-order valence-corrected chi connectivity index (χ0v) is 13.9. The van der Waals surface area contributed by atoms with Gasteiger partial charge in [-0.1, -0.05) is 33.3 Å². The highest BCUT2D eigenvalue weighted by molar-refractivity contribution is 5.95. The molecular weight excluding hydrogens is 274 g/mol. The van der Waals surface area contributed by atoms with Gasteiger partial charge in [0.15, 0.2) is 0 Å². The van der Waals surface area contributed by atoms with Gasteiger partial charge in [-0.2, -0.15) is 0 Å². The van der Waals surface area contributed by atoms with Gasteiger partial charge in [-0.15, -0.1) is 0 Å². The lowest BCUT2D eigenvalue weighted by atomic mass is 9.74. The average Bonchev–Trinajstić information content (AvgIpc) is 2.94. The minimum atomic E-state index is 0.0445. The fourth-order valence-electron chi connectivity index (χ4n) is 3.93. The quantitative estimate of drug-likeness (QED) is 0.922. The Morgan fingerprint density at radius 1 is 1.32 bits per heavy atom. The molecule has 1 fully saturated rings. The van der Waals surface area contributed by atoms with Crippen molar-refractivity contribution in [3.8, 4) is 5.75 Å². The molecule has 0 spiro atoms. The van der Waals surface area contributed by atoms with Crippen molar-refractivity contribution in [2.45, 2.75) is 52.5 Å². The maximum absolute atomic E-state index is 12.6. The van der Waals surface area contributed by atoms with Gasteiger partial charge in [-0.05, 0) is 48.3 Å². The van der Waals surface area contributed by atoms with Crippen LogP contribution in [0.15, 0.2) is 18.2 Å². The molecular formula is C19H27NO2. The Kier molecular flexibility index (Phi) is 4.42. The largest absolute Gasteiger partial charge is 0.493 e. The molecule has 22 heavy (non-hydrogen) atoms. The van der Waals surface area contributed by atoms with Gasteiger partial charge in [-0.25, -0.2) is 0 Å². The number of nitrogens with one attached hydrogen (secondary N) is 1. The van der Waals surface area contributed by atoms with Crippen LogP contribution in [-0.4, -0.2) is 18.6 Å². The van der Waals surface area contributed by atoms with Crippen molar-refractivity contribution in [1.82, 2.24) is 5.32 Å². The minimum absolute atomic E-state index is 0.0445. The van der Waals surface area contributed by atoms with Crippen LogP contribution in [0.4, 0.5) is 0 Å². The van der Waals surface area contributed by atoms with E-state index in [1.165, 1.54) is 18.4 Å². The predicted octanol–water partition coefficient (Wildman–Crippen LogP) is 3.81. The molecule has 0 saturated heterocycles. The fourth-order valence-corrected chi connectivity index (χ4v) is 3.93. The first-order chi connectivity index (χ1) is 10.5. The number of hydrogen-bond acceptors (Lipinski definition) is 2. The zero-order valence-electron chi connectivity index (χ0n) is 13.9. The first-order valence-electron chi connectivity index (χ1n) is 8.61. The third kappa shape index (κ3) is 3.13. The highest BCUT2D eigenvalue weighted by Gasteiger charge is 2.32. The highest BCUT2D eigenvalue weighted by atomic mass is 16.5. The lowest BCUT2D eigenvalue weighted by molar-refractivity contribution is 0.0867. The molecule has 3 atom stereocenters. The summed E-state index contributed by atoms with van der Waals surface area (Å²) in [7, 11) is 0. The Morgan fingerprint density at radius 2 is 2.14 bits per heavy atom. The minimum Gasteiger partial charge on any atom is -0.493 e. The van der Waals surface area contributed by atoms with E-state index in [2.05, 4.69) is 26.1 Å². The molecule has 1 heterocycles. The van der Waals surface area contributed by atoms with E-state index in [1.54, 1.807) is 0 Å². The second-order valence-corrected chi connectivity index (χ2v) is 7.33. The zero-order chi connectivity index (χ0) is 15.7. The molecule has 3 nitrogen and oxygen atoms in total. The second-order valence-electron chi connectivity index (χ2n) is 7.33. The molecule has 3 heteroatoms. The molecule has 1 saturated carbocycles. The Morgan fingerprint density at radius 3 is 2.91 bits per heavy atom. The van der Waals surface area contributed by atoms with Crippen molar-refractivity contribution >= 4 is 5.91 Å². The number of benzene rings is 1. The molecule has 0 unspecified atom stereocenters. The average molecular weight is 301 g/mol. The van der Waals surface area contributed by atoms with Crippen molar-refractivity contribution in [2.24, 2.45) is 17.8 Å². The van der Waals surface area contributed by atoms with E-state index >= 15 is 0 Å². The summed E-state index contributed by atoms with van der Waals surface area (Å²) < 4.78 is 5.58. The van der Waals surface area contributed by atoms with Gasteiger partial charge in [0.1, 0.15) is 5.75 Å². The van der Waals surface area contributed by atoms with E-state index in [4.69, 9.17) is 4.74 Å². The Balaban J connectivity index is 1.72. The Hall–Kier alpha value is -1.51. The standard InChI is InChI=1S/C19H27NO2/c1-12(2)16-7-4-13(3)10-17(16)20-19(21)15-6-5-14-8-9-22-18(14)11-15/h5-6,11-13,16-17H,4,7-10H2,1-3H3,(H,20,21)/t13-,16+,17+/m0/s1. The normalized spacial score (nSPS) is 27.4. The van der Waals surface area contributed by atoms with Gasteiger partial charge in [0.2, 0.25) is 0 Å². The predicted molar refractivity (Wildman–Crippen MR) is 88.2 cm³/mol. The van der Waals surface area contributed by atoms with Crippen LogP contribution < -0.4 is 10.1 Å². The Bertz CT molecular complexity index is 552. The van der Waals surface area contributed by atoms with Crippen LogP contribution in [-0.2, 0) is 6.42 Å². The summed E-state index contributed by atoms with van der Waals surface area (Å²) in [5.41, 5.74) is 1.93. The summed E-state index contributed by atoms with van der Waals surface area (Å²) in [5, 5.41) is 3.29.